The lowest BCUT2D eigenvalue weighted by Gasteiger charge is -2.36. The number of phenolic OH excluding ortho intramolecular Hbond substituents is 1. The van der Waals surface area contributed by atoms with Crippen molar-refractivity contribution in [3.8, 4) is 11.5 Å². The van der Waals surface area contributed by atoms with Gasteiger partial charge in [0.2, 0.25) is 0 Å². The molecule has 3 aromatic rings. The summed E-state index contributed by atoms with van der Waals surface area (Å²) in [6.07, 6.45) is 5.26. The summed E-state index contributed by atoms with van der Waals surface area (Å²) in [5, 5.41) is 12.4. The molecule has 1 aliphatic heterocycles. The van der Waals surface area contributed by atoms with Crippen LogP contribution in [0.3, 0.4) is 0 Å². The van der Waals surface area contributed by atoms with Crippen molar-refractivity contribution in [3.05, 3.63) is 72.3 Å². The van der Waals surface area contributed by atoms with Gasteiger partial charge in [0, 0.05) is 23.7 Å². The third-order valence-corrected chi connectivity index (χ3v) is 11.0. The maximum atomic E-state index is 14.2. The van der Waals surface area contributed by atoms with Crippen LogP contribution in [0, 0.1) is 5.41 Å². The van der Waals surface area contributed by atoms with Crippen molar-refractivity contribution in [2.75, 3.05) is 30.1 Å². The smallest absolute Gasteiger partial charge is 0.333 e. The molecule has 0 spiro atoms. The van der Waals surface area contributed by atoms with Gasteiger partial charge in [-0.2, -0.15) is 0 Å². The molecule has 1 aliphatic rings. The molecule has 9 nitrogen and oxygen atoms in total. The van der Waals surface area contributed by atoms with Crippen LogP contribution in [-0.4, -0.2) is 56.2 Å². The van der Waals surface area contributed by atoms with Crippen molar-refractivity contribution in [3.63, 3.8) is 0 Å². The molecule has 2 atom stereocenters. The van der Waals surface area contributed by atoms with Gasteiger partial charge in [0.15, 0.2) is 22.5 Å². The second-order valence-corrected chi connectivity index (χ2v) is 15.8. The van der Waals surface area contributed by atoms with Crippen molar-refractivity contribution in [1.29, 1.82) is 0 Å². The van der Waals surface area contributed by atoms with E-state index in [1.54, 1.807) is 20.8 Å². The maximum Gasteiger partial charge on any atom is 0.333 e. The summed E-state index contributed by atoms with van der Waals surface area (Å²) in [4.78, 5) is 29.3. The highest BCUT2D eigenvalue weighted by molar-refractivity contribution is 7.98. The molecule has 0 radical (unpaired) electrons. The van der Waals surface area contributed by atoms with E-state index in [-0.39, 0.29) is 22.1 Å². The first kappa shape index (κ1) is 36.1. The lowest BCUT2D eigenvalue weighted by atomic mass is 9.81. The van der Waals surface area contributed by atoms with Crippen LogP contribution in [0.1, 0.15) is 71.9 Å². The average Bonchev–Trinajstić information content (AvgIpc) is 3.12. The number of carbonyl (C=O) groups excluding carboxylic acids is 2. The van der Waals surface area contributed by atoms with Crippen LogP contribution >= 0.6 is 11.8 Å². The van der Waals surface area contributed by atoms with Crippen molar-refractivity contribution in [2.45, 2.75) is 81.7 Å². The first-order chi connectivity index (χ1) is 22.2. The van der Waals surface area contributed by atoms with E-state index in [1.165, 1.54) is 42.1 Å². The monoisotopic (exact) mass is 682 g/mol. The number of carbonyl (C=O) groups is 2. The number of nitrogens with one attached hydrogen (secondary N) is 1. The van der Waals surface area contributed by atoms with E-state index in [0.717, 1.165) is 24.9 Å². The van der Waals surface area contributed by atoms with E-state index in [0.29, 0.717) is 29.1 Å². The van der Waals surface area contributed by atoms with Gasteiger partial charge in [-0.25, -0.2) is 13.2 Å². The van der Waals surface area contributed by atoms with Gasteiger partial charge in [-0.15, -0.1) is 11.8 Å². The SMILES string of the molecule is CCCCC1(CC)CN(c2ccccc2)c2cc(SC)c(OCC(=O)N[C@@H](C(=O)OC(C)(C)C)c3ccc(O)cc3)cc2S(=O)(=O)C1. The van der Waals surface area contributed by atoms with E-state index in [4.69, 9.17) is 9.47 Å². The summed E-state index contributed by atoms with van der Waals surface area (Å²) in [6, 6.07) is 17.9. The fraction of sp³-hybridized carbons (Fsp3) is 0.444. The molecule has 0 fully saturated rings. The number of anilines is 2. The van der Waals surface area contributed by atoms with Crippen LogP contribution < -0.4 is 15.0 Å². The number of sulfone groups is 1. The van der Waals surface area contributed by atoms with Gasteiger partial charge in [-0.3, -0.25) is 4.79 Å². The van der Waals surface area contributed by atoms with Gasteiger partial charge in [-0.1, -0.05) is 57.0 Å². The van der Waals surface area contributed by atoms with Gasteiger partial charge in [0.25, 0.3) is 5.91 Å². The molecule has 2 N–H and O–H groups in total. The number of hydrogen-bond acceptors (Lipinski definition) is 9. The predicted octanol–water partition coefficient (Wildman–Crippen LogP) is 7.20. The third kappa shape index (κ3) is 9.01. The van der Waals surface area contributed by atoms with Crippen LogP contribution in [0.15, 0.2) is 76.5 Å². The lowest BCUT2D eigenvalue weighted by Crippen LogP contribution is -2.40. The van der Waals surface area contributed by atoms with Gasteiger partial charge in [0.1, 0.15) is 17.1 Å². The van der Waals surface area contributed by atoms with E-state index in [2.05, 4.69) is 24.1 Å². The van der Waals surface area contributed by atoms with Crippen LogP contribution in [0.5, 0.6) is 11.5 Å². The van der Waals surface area contributed by atoms with Crippen LogP contribution in [-0.2, 0) is 24.2 Å². The highest BCUT2D eigenvalue weighted by Crippen LogP contribution is 2.47. The molecular formula is C36H46N2O7S2. The Balaban J connectivity index is 1.68. The Morgan fingerprint density at radius 3 is 2.34 bits per heavy atom. The van der Waals surface area contributed by atoms with Gasteiger partial charge in [0.05, 0.1) is 21.2 Å². The van der Waals surface area contributed by atoms with Gasteiger partial charge >= 0.3 is 5.97 Å². The van der Waals surface area contributed by atoms with E-state index in [1.807, 2.05) is 42.7 Å². The summed E-state index contributed by atoms with van der Waals surface area (Å²) in [5.74, 6) is -0.981. The zero-order chi connectivity index (χ0) is 34.4. The number of thioether (sulfide) groups is 1. The number of aromatic hydroxyl groups is 1. The van der Waals surface area contributed by atoms with Crippen LogP contribution in [0.25, 0.3) is 0 Å². The number of unbranched alkanes of at least 4 members (excludes halogenated alkanes) is 1. The maximum absolute atomic E-state index is 14.2. The van der Waals surface area contributed by atoms with Gasteiger partial charge in [-0.05, 0) is 75.8 Å². The molecule has 4 rings (SSSR count). The molecule has 0 saturated carbocycles. The van der Waals surface area contributed by atoms with Crippen molar-refractivity contribution < 1.29 is 32.6 Å². The summed E-state index contributed by atoms with van der Waals surface area (Å²) in [7, 11) is -3.76. The summed E-state index contributed by atoms with van der Waals surface area (Å²) >= 11 is 1.39. The third-order valence-electron chi connectivity index (χ3n) is 8.27. The number of esters is 1. The average molecular weight is 683 g/mol. The highest BCUT2D eigenvalue weighted by atomic mass is 32.2. The minimum atomic E-state index is -3.76. The molecule has 0 saturated heterocycles. The Labute approximate surface area is 283 Å². The number of phenols is 1. The van der Waals surface area contributed by atoms with Gasteiger partial charge < -0.3 is 24.8 Å². The zero-order valence-electron chi connectivity index (χ0n) is 28.0. The second kappa shape index (κ2) is 15.0. The Hall–Kier alpha value is -3.70. The van der Waals surface area contributed by atoms with E-state index >= 15 is 0 Å². The number of amides is 1. The normalized spacial score (nSPS) is 18.0. The fourth-order valence-electron chi connectivity index (χ4n) is 5.79. The molecular weight excluding hydrogens is 637 g/mol. The van der Waals surface area contributed by atoms with E-state index in [9.17, 15) is 23.1 Å². The number of ether oxygens (including phenoxy) is 2. The quantitative estimate of drug-likeness (QED) is 0.151. The summed E-state index contributed by atoms with van der Waals surface area (Å²) in [5.41, 5.74) is 0.668. The summed E-state index contributed by atoms with van der Waals surface area (Å²) in [6.45, 7) is 9.45. The molecule has 3 aromatic carbocycles. The lowest BCUT2D eigenvalue weighted by molar-refractivity contribution is -0.159. The second-order valence-electron chi connectivity index (χ2n) is 13.0. The molecule has 1 heterocycles. The minimum Gasteiger partial charge on any atom is -0.508 e. The van der Waals surface area contributed by atoms with Crippen LogP contribution in [0.2, 0.25) is 0 Å². The summed E-state index contributed by atoms with van der Waals surface area (Å²) < 4.78 is 39.9. The minimum absolute atomic E-state index is 0.00950. The Morgan fingerprint density at radius 1 is 1.06 bits per heavy atom. The number of rotatable bonds is 12. The molecule has 11 heteroatoms. The first-order valence-corrected chi connectivity index (χ1v) is 18.8. The largest absolute Gasteiger partial charge is 0.508 e. The number of hydrogen-bond donors (Lipinski definition) is 2. The fourth-order valence-corrected chi connectivity index (χ4v) is 8.52. The molecule has 1 amide bonds. The van der Waals surface area contributed by atoms with Crippen molar-refractivity contribution in [1.82, 2.24) is 5.32 Å². The molecule has 254 valence electrons. The molecule has 0 aliphatic carbocycles. The van der Waals surface area contributed by atoms with Crippen LogP contribution in [0.4, 0.5) is 11.4 Å². The number of para-hydroxylation sites is 1. The predicted molar refractivity (Wildman–Crippen MR) is 186 cm³/mol. The number of nitrogens with zero attached hydrogens (tertiary/aromatic N) is 1. The molecule has 0 bridgehead atoms. The standard InChI is InChI=1S/C36H46N2O7S2/c1-7-9-19-36(8-2)23-38(26-13-11-10-12-14-26)28-20-30(46-6)29(21-31(28)47(42,43)24-36)44-22-32(40)37-33(34(41)45-35(3,4)5)25-15-17-27(39)18-16-25/h10-18,20-21,33,39H,7-9,19,22-24H2,1-6H3,(H,37,40)/t33-,36?/m1/s1. The molecule has 0 aromatic heterocycles. The number of fused-ring (bicyclic) bond motifs is 1. The number of benzene rings is 3. The molecule has 1 unspecified atom stereocenters. The van der Waals surface area contributed by atoms with E-state index < -0.39 is 45.4 Å². The Kier molecular flexibility index (Phi) is 11.6. The van der Waals surface area contributed by atoms with Crippen molar-refractivity contribution in [2.24, 2.45) is 5.41 Å². The Bertz CT molecular complexity index is 1660. The Morgan fingerprint density at radius 2 is 1.74 bits per heavy atom. The highest BCUT2D eigenvalue weighted by Gasteiger charge is 2.42. The topological polar surface area (TPSA) is 122 Å². The van der Waals surface area contributed by atoms with Crippen molar-refractivity contribution >= 4 is 44.9 Å². The first-order valence-electron chi connectivity index (χ1n) is 15.9. The molecule has 47 heavy (non-hydrogen) atoms. The zero-order valence-corrected chi connectivity index (χ0v) is 29.7.